The molecule has 0 fully saturated rings. The molecule has 0 nitrogen and oxygen atoms in total. The number of hydrogen-bond acceptors (Lipinski definition) is 1. The normalized spacial score (nSPS) is 12.7. The van der Waals surface area contributed by atoms with E-state index in [4.69, 9.17) is 0 Å². The summed E-state index contributed by atoms with van der Waals surface area (Å²) < 4.78 is 0. The van der Waals surface area contributed by atoms with Crippen LogP contribution in [0.25, 0.3) is 0 Å². The van der Waals surface area contributed by atoms with Crippen LogP contribution in [0.15, 0.2) is 52.8 Å². The standard InChI is InChI=1S/C23H30S/c1-17(22-13-9-6-10-14-22)12-8-7-11-15-24-23-20(4)18(2)16-19(3)21(23)5/h6,9-11,13-17H,7-8,12H2,1-5H3/b15-11-. The highest BCUT2D eigenvalue weighted by Gasteiger charge is 2.07. The molecule has 1 heteroatoms. The van der Waals surface area contributed by atoms with Gasteiger partial charge in [-0.05, 0) is 86.1 Å². The third kappa shape index (κ3) is 5.01. The molecule has 0 saturated heterocycles. The smallest absolute Gasteiger partial charge is 0.0179 e. The van der Waals surface area contributed by atoms with Gasteiger partial charge in [-0.3, -0.25) is 0 Å². The van der Waals surface area contributed by atoms with Crippen LogP contribution in [0.3, 0.4) is 0 Å². The fourth-order valence-corrected chi connectivity index (χ4v) is 4.08. The predicted octanol–water partition coefficient (Wildman–Crippen LogP) is 7.50. The van der Waals surface area contributed by atoms with E-state index in [0.717, 1.165) is 6.42 Å². The van der Waals surface area contributed by atoms with E-state index in [9.17, 15) is 0 Å². The van der Waals surface area contributed by atoms with Gasteiger partial charge in [-0.15, -0.1) is 0 Å². The summed E-state index contributed by atoms with van der Waals surface area (Å²) in [5.74, 6) is 0.649. The topological polar surface area (TPSA) is 0 Å². The monoisotopic (exact) mass is 338 g/mol. The van der Waals surface area contributed by atoms with Crippen molar-refractivity contribution in [2.75, 3.05) is 0 Å². The van der Waals surface area contributed by atoms with Crippen LogP contribution >= 0.6 is 11.8 Å². The molecule has 0 aliphatic heterocycles. The van der Waals surface area contributed by atoms with Gasteiger partial charge in [-0.1, -0.05) is 61.2 Å². The first-order valence-electron chi connectivity index (χ1n) is 8.94. The van der Waals surface area contributed by atoms with E-state index in [-0.39, 0.29) is 0 Å². The van der Waals surface area contributed by atoms with Gasteiger partial charge in [0.1, 0.15) is 0 Å². The minimum atomic E-state index is 0.649. The number of benzene rings is 2. The van der Waals surface area contributed by atoms with Crippen LogP contribution in [0.1, 0.15) is 59.9 Å². The molecule has 0 amide bonds. The molecule has 128 valence electrons. The van der Waals surface area contributed by atoms with Crippen molar-refractivity contribution < 1.29 is 0 Å². The van der Waals surface area contributed by atoms with Gasteiger partial charge < -0.3 is 0 Å². The fourth-order valence-electron chi connectivity index (χ4n) is 3.03. The third-order valence-corrected chi connectivity index (χ3v) is 6.13. The Balaban J connectivity index is 1.82. The van der Waals surface area contributed by atoms with E-state index in [1.165, 1.54) is 45.6 Å². The minimum Gasteiger partial charge on any atom is -0.0978 e. The fraction of sp³-hybridized carbons (Fsp3) is 0.391. The van der Waals surface area contributed by atoms with Crippen LogP contribution in [-0.4, -0.2) is 0 Å². The molecule has 2 aromatic carbocycles. The number of unbranched alkanes of at least 4 members (excludes halogenated alkanes) is 1. The Labute approximate surface area is 152 Å². The lowest BCUT2D eigenvalue weighted by atomic mass is 9.96. The lowest BCUT2D eigenvalue weighted by molar-refractivity contribution is 0.640. The molecule has 0 bridgehead atoms. The van der Waals surface area contributed by atoms with Crippen molar-refractivity contribution in [3.63, 3.8) is 0 Å². The Bertz CT molecular complexity index is 657. The van der Waals surface area contributed by atoms with Crippen LogP contribution < -0.4 is 0 Å². The number of rotatable bonds is 7. The van der Waals surface area contributed by atoms with Crippen molar-refractivity contribution in [1.29, 1.82) is 0 Å². The lowest BCUT2D eigenvalue weighted by Crippen LogP contribution is -1.93. The van der Waals surface area contributed by atoms with Gasteiger partial charge in [0.15, 0.2) is 0 Å². The van der Waals surface area contributed by atoms with Crippen LogP contribution in [-0.2, 0) is 0 Å². The maximum Gasteiger partial charge on any atom is 0.0179 e. The maximum absolute atomic E-state index is 2.33. The zero-order valence-electron chi connectivity index (χ0n) is 15.7. The Hall–Kier alpha value is -1.47. The Morgan fingerprint density at radius 3 is 2.21 bits per heavy atom. The van der Waals surface area contributed by atoms with Crippen molar-refractivity contribution in [2.24, 2.45) is 0 Å². The van der Waals surface area contributed by atoms with Crippen molar-refractivity contribution >= 4 is 11.8 Å². The second-order valence-electron chi connectivity index (χ2n) is 6.82. The van der Waals surface area contributed by atoms with Crippen molar-refractivity contribution in [3.8, 4) is 0 Å². The summed E-state index contributed by atoms with van der Waals surface area (Å²) in [6.45, 7) is 11.2. The first kappa shape index (κ1) is 18.9. The molecule has 1 unspecified atom stereocenters. The van der Waals surface area contributed by atoms with Crippen molar-refractivity contribution in [2.45, 2.75) is 64.7 Å². The lowest BCUT2D eigenvalue weighted by Gasteiger charge is -2.13. The summed E-state index contributed by atoms with van der Waals surface area (Å²) in [6.07, 6.45) is 5.99. The maximum atomic E-state index is 2.33. The summed E-state index contributed by atoms with van der Waals surface area (Å²) in [7, 11) is 0. The van der Waals surface area contributed by atoms with Gasteiger partial charge in [-0.25, -0.2) is 0 Å². The van der Waals surface area contributed by atoms with Crippen LogP contribution in [0.4, 0.5) is 0 Å². The molecule has 0 aromatic heterocycles. The SMILES string of the molecule is Cc1cc(C)c(C)c(S/C=C\CCCC(C)c2ccccc2)c1C. The summed E-state index contributed by atoms with van der Waals surface area (Å²) in [5, 5.41) is 2.28. The van der Waals surface area contributed by atoms with Gasteiger partial charge in [0, 0.05) is 4.90 Å². The highest BCUT2D eigenvalue weighted by Crippen LogP contribution is 2.31. The predicted molar refractivity (Wildman–Crippen MR) is 109 cm³/mol. The van der Waals surface area contributed by atoms with Gasteiger partial charge in [0.2, 0.25) is 0 Å². The largest absolute Gasteiger partial charge is 0.0978 e. The average molecular weight is 339 g/mol. The first-order chi connectivity index (χ1) is 11.5. The first-order valence-corrected chi connectivity index (χ1v) is 9.82. The average Bonchev–Trinajstić information content (AvgIpc) is 2.59. The third-order valence-electron chi connectivity index (χ3n) is 4.96. The van der Waals surface area contributed by atoms with Crippen LogP contribution in [0.2, 0.25) is 0 Å². The molecule has 24 heavy (non-hydrogen) atoms. The zero-order chi connectivity index (χ0) is 17.5. The Kier molecular flexibility index (Phi) is 7.17. The van der Waals surface area contributed by atoms with E-state index in [1.807, 2.05) is 11.8 Å². The molecule has 0 radical (unpaired) electrons. The van der Waals surface area contributed by atoms with Gasteiger partial charge in [0.25, 0.3) is 0 Å². The summed E-state index contributed by atoms with van der Waals surface area (Å²) in [4.78, 5) is 1.43. The van der Waals surface area contributed by atoms with Gasteiger partial charge >= 0.3 is 0 Å². The van der Waals surface area contributed by atoms with E-state index in [2.05, 4.69) is 82.5 Å². The number of allylic oxidation sites excluding steroid dienone is 1. The molecule has 0 aliphatic rings. The Morgan fingerprint density at radius 1 is 0.958 bits per heavy atom. The second-order valence-corrected chi connectivity index (χ2v) is 7.74. The molecule has 2 rings (SSSR count). The molecule has 0 heterocycles. The molecule has 0 spiro atoms. The molecule has 1 atom stereocenters. The van der Waals surface area contributed by atoms with E-state index in [1.54, 1.807) is 0 Å². The summed E-state index contributed by atoms with van der Waals surface area (Å²) in [5.41, 5.74) is 7.09. The Morgan fingerprint density at radius 2 is 1.58 bits per heavy atom. The van der Waals surface area contributed by atoms with Gasteiger partial charge in [-0.2, -0.15) is 0 Å². The van der Waals surface area contributed by atoms with Crippen LogP contribution in [0.5, 0.6) is 0 Å². The molecule has 0 aliphatic carbocycles. The minimum absolute atomic E-state index is 0.649. The molecule has 2 aromatic rings. The highest BCUT2D eigenvalue weighted by atomic mass is 32.2. The van der Waals surface area contributed by atoms with Crippen molar-refractivity contribution in [1.82, 2.24) is 0 Å². The highest BCUT2D eigenvalue weighted by molar-refractivity contribution is 8.02. The quantitative estimate of drug-likeness (QED) is 0.372. The molecule has 0 N–H and O–H groups in total. The molecular formula is C23H30S. The zero-order valence-corrected chi connectivity index (χ0v) is 16.5. The van der Waals surface area contributed by atoms with E-state index < -0.39 is 0 Å². The van der Waals surface area contributed by atoms with Crippen molar-refractivity contribution in [3.05, 3.63) is 75.7 Å². The van der Waals surface area contributed by atoms with Gasteiger partial charge in [0.05, 0.1) is 0 Å². The molecule has 0 saturated carbocycles. The number of aryl methyl sites for hydroxylation is 2. The second kappa shape index (κ2) is 9.13. The summed E-state index contributed by atoms with van der Waals surface area (Å²) >= 11 is 1.88. The van der Waals surface area contributed by atoms with E-state index in [0.29, 0.717) is 5.92 Å². The number of hydrogen-bond donors (Lipinski definition) is 0. The molecular weight excluding hydrogens is 308 g/mol. The number of thioether (sulfide) groups is 1. The van der Waals surface area contributed by atoms with Crippen LogP contribution in [0, 0.1) is 27.7 Å². The van der Waals surface area contributed by atoms with E-state index >= 15 is 0 Å². The summed E-state index contributed by atoms with van der Waals surface area (Å²) in [6, 6.07) is 13.1.